The van der Waals surface area contributed by atoms with Gasteiger partial charge in [0.15, 0.2) is 5.82 Å². The summed E-state index contributed by atoms with van der Waals surface area (Å²) in [5, 5.41) is 1.32. The predicted octanol–water partition coefficient (Wildman–Crippen LogP) is 4.95. The van der Waals surface area contributed by atoms with Crippen LogP contribution in [-0.2, 0) is 0 Å². The van der Waals surface area contributed by atoms with E-state index in [0.29, 0.717) is 16.7 Å². The zero-order valence-corrected chi connectivity index (χ0v) is 13.9. The van der Waals surface area contributed by atoms with Gasteiger partial charge in [0.1, 0.15) is 16.4 Å². The van der Waals surface area contributed by atoms with E-state index in [1.165, 1.54) is 10.4 Å². The van der Waals surface area contributed by atoms with Gasteiger partial charge in [-0.05, 0) is 44.0 Å². The van der Waals surface area contributed by atoms with Gasteiger partial charge in [-0.25, -0.2) is 9.97 Å². The molecule has 0 amide bonds. The van der Waals surface area contributed by atoms with Crippen molar-refractivity contribution in [1.29, 1.82) is 0 Å². The molecule has 0 aliphatic rings. The van der Waals surface area contributed by atoms with Gasteiger partial charge < -0.3 is 4.74 Å². The molecule has 2 heterocycles. The van der Waals surface area contributed by atoms with E-state index in [1.807, 2.05) is 19.1 Å². The van der Waals surface area contributed by atoms with Gasteiger partial charge in [-0.3, -0.25) is 0 Å². The summed E-state index contributed by atoms with van der Waals surface area (Å²) in [4.78, 5) is 11.4. The van der Waals surface area contributed by atoms with Crippen LogP contribution in [-0.4, -0.2) is 17.1 Å². The molecule has 0 saturated carbocycles. The largest absolute Gasteiger partial charge is 0.494 e. The van der Waals surface area contributed by atoms with Crippen molar-refractivity contribution in [1.82, 2.24) is 9.97 Å². The van der Waals surface area contributed by atoms with Crippen molar-refractivity contribution in [2.24, 2.45) is 0 Å². The molecule has 0 aliphatic carbocycles. The highest BCUT2D eigenvalue weighted by Crippen LogP contribution is 2.35. The molecule has 0 aliphatic heterocycles. The monoisotopic (exact) mass is 318 g/mol. The van der Waals surface area contributed by atoms with Gasteiger partial charge in [0, 0.05) is 10.3 Å². The molecule has 3 nitrogen and oxygen atoms in total. The molecule has 21 heavy (non-hydrogen) atoms. The number of methoxy groups -OCH3 is 1. The minimum absolute atomic E-state index is 0.468. The molecule has 0 atom stereocenters. The normalized spacial score (nSPS) is 11.1. The molecular formula is C16H15ClN2OS. The Labute approximate surface area is 132 Å². The van der Waals surface area contributed by atoms with E-state index < -0.39 is 0 Å². The fourth-order valence-corrected chi connectivity index (χ4v) is 3.57. The SMILES string of the molecule is COc1ccc(C)c2c(Cl)nc(-c3cc(C)c(C)s3)nc12. The second-order valence-corrected chi connectivity index (χ2v) is 6.61. The molecule has 2 aromatic heterocycles. The van der Waals surface area contributed by atoms with Crippen molar-refractivity contribution in [3.63, 3.8) is 0 Å². The van der Waals surface area contributed by atoms with E-state index in [-0.39, 0.29) is 0 Å². The second-order valence-electron chi connectivity index (χ2n) is 5.00. The van der Waals surface area contributed by atoms with Crippen molar-refractivity contribution in [3.05, 3.63) is 39.4 Å². The van der Waals surface area contributed by atoms with Gasteiger partial charge in [0.25, 0.3) is 0 Å². The summed E-state index contributed by atoms with van der Waals surface area (Å²) in [5.74, 6) is 1.36. The number of halogens is 1. The van der Waals surface area contributed by atoms with Crippen LogP contribution >= 0.6 is 22.9 Å². The smallest absolute Gasteiger partial charge is 0.171 e. The molecule has 3 rings (SSSR count). The summed E-state index contributed by atoms with van der Waals surface area (Å²) in [7, 11) is 1.64. The fraction of sp³-hybridized carbons (Fsp3) is 0.250. The minimum Gasteiger partial charge on any atom is -0.494 e. The van der Waals surface area contributed by atoms with E-state index in [1.54, 1.807) is 18.4 Å². The Morgan fingerprint density at radius 3 is 2.48 bits per heavy atom. The standard InChI is InChI=1S/C16H15ClN2OS/c1-8-5-6-11(20-4)14-13(8)15(17)19-16(18-14)12-7-9(2)10(3)21-12/h5-7H,1-4H3. The first-order valence-corrected chi connectivity index (χ1v) is 7.79. The lowest BCUT2D eigenvalue weighted by Gasteiger charge is -2.09. The predicted molar refractivity (Wildman–Crippen MR) is 88.6 cm³/mol. The van der Waals surface area contributed by atoms with Crippen LogP contribution in [0.2, 0.25) is 5.15 Å². The molecule has 5 heteroatoms. The lowest BCUT2D eigenvalue weighted by molar-refractivity contribution is 0.419. The van der Waals surface area contributed by atoms with Gasteiger partial charge in [0.2, 0.25) is 0 Å². The third kappa shape index (κ3) is 2.39. The maximum atomic E-state index is 6.39. The molecule has 3 aromatic rings. The zero-order valence-electron chi connectivity index (χ0n) is 12.3. The highest BCUT2D eigenvalue weighted by atomic mass is 35.5. The van der Waals surface area contributed by atoms with E-state index >= 15 is 0 Å². The quantitative estimate of drug-likeness (QED) is 0.627. The van der Waals surface area contributed by atoms with Crippen LogP contribution in [0.1, 0.15) is 16.0 Å². The highest BCUT2D eigenvalue weighted by molar-refractivity contribution is 7.15. The molecular weight excluding hydrogens is 304 g/mol. The number of benzene rings is 1. The first kappa shape index (κ1) is 14.3. The highest BCUT2D eigenvalue weighted by Gasteiger charge is 2.15. The van der Waals surface area contributed by atoms with Crippen molar-refractivity contribution in [3.8, 4) is 16.5 Å². The Bertz CT molecular complexity index is 822. The van der Waals surface area contributed by atoms with Crippen molar-refractivity contribution in [2.75, 3.05) is 7.11 Å². The summed E-state index contributed by atoms with van der Waals surface area (Å²) < 4.78 is 5.41. The summed E-state index contributed by atoms with van der Waals surface area (Å²) >= 11 is 8.07. The third-order valence-corrected chi connectivity index (χ3v) is 5.01. The Morgan fingerprint density at radius 2 is 1.86 bits per heavy atom. The maximum Gasteiger partial charge on any atom is 0.171 e. The number of nitrogens with zero attached hydrogens (tertiary/aromatic N) is 2. The topological polar surface area (TPSA) is 35.0 Å². The van der Waals surface area contributed by atoms with Gasteiger partial charge in [-0.2, -0.15) is 0 Å². The van der Waals surface area contributed by atoms with Crippen LogP contribution in [0, 0.1) is 20.8 Å². The van der Waals surface area contributed by atoms with Crippen molar-refractivity contribution in [2.45, 2.75) is 20.8 Å². The van der Waals surface area contributed by atoms with Crippen LogP contribution in [0.25, 0.3) is 21.6 Å². The Morgan fingerprint density at radius 1 is 1.10 bits per heavy atom. The third-order valence-electron chi connectivity index (χ3n) is 3.58. The van der Waals surface area contributed by atoms with Crippen LogP contribution in [0.4, 0.5) is 0 Å². The number of hydrogen-bond donors (Lipinski definition) is 0. The molecule has 0 radical (unpaired) electrons. The van der Waals surface area contributed by atoms with Crippen molar-refractivity contribution >= 4 is 33.8 Å². The zero-order chi connectivity index (χ0) is 15.1. The maximum absolute atomic E-state index is 6.39. The molecule has 0 bridgehead atoms. The number of aromatic nitrogens is 2. The van der Waals surface area contributed by atoms with Crippen LogP contribution < -0.4 is 4.74 Å². The molecule has 0 N–H and O–H groups in total. The number of rotatable bonds is 2. The first-order valence-electron chi connectivity index (χ1n) is 6.59. The summed E-state index contributed by atoms with van der Waals surface area (Å²) in [6.07, 6.45) is 0. The summed E-state index contributed by atoms with van der Waals surface area (Å²) in [6, 6.07) is 5.98. The second kappa shape index (κ2) is 5.28. The van der Waals surface area contributed by atoms with E-state index in [0.717, 1.165) is 21.3 Å². The number of thiophene rings is 1. The average molecular weight is 319 g/mol. The van der Waals surface area contributed by atoms with E-state index in [2.05, 4.69) is 29.9 Å². The van der Waals surface area contributed by atoms with Crippen LogP contribution in [0.15, 0.2) is 18.2 Å². The lowest BCUT2D eigenvalue weighted by atomic mass is 10.1. The van der Waals surface area contributed by atoms with Crippen LogP contribution in [0.3, 0.4) is 0 Å². The lowest BCUT2D eigenvalue weighted by Crippen LogP contribution is -1.95. The molecule has 0 saturated heterocycles. The molecule has 0 unspecified atom stereocenters. The summed E-state index contributed by atoms with van der Waals surface area (Å²) in [6.45, 7) is 6.18. The Hall–Kier alpha value is -1.65. The summed E-state index contributed by atoms with van der Waals surface area (Å²) in [5.41, 5.74) is 3.04. The fourth-order valence-electron chi connectivity index (χ4n) is 2.28. The van der Waals surface area contributed by atoms with Gasteiger partial charge in [-0.1, -0.05) is 17.7 Å². The molecule has 0 spiro atoms. The first-order chi connectivity index (χ1) is 10.0. The number of ether oxygens (including phenoxy) is 1. The molecule has 108 valence electrons. The van der Waals surface area contributed by atoms with Gasteiger partial charge in [0.05, 0.1) is 12.0 Å². The molecule has 0 fully saturated rings. The Kier molecular flexibility index (Phi) is 3.59. The number of aryl methyl sites for hydroxylation is 3. The molecule has 1 aromatic carbocycles. The van der Waals surface area contributed by atoms with Crippen LogP contribution in [0.5, 0.6) is 5.75 Å². The number of fused-ring (bicyclic) bond motifs is 1. The van der Waals surface area contributed by atoms with Gasteiger partial charge >= 0.3 is 0 Å². The average Bonchev–Trinajstić information content (AvgIpc) is 2.78. The van der Waals surface area contributed by atoms with Crippen molar-refractivity contribution < 1.29 is 4.74 Å². The van der Waals surface area contributed by atoms with E-state index in [9.17, 15) is 0 Å². The van der Waals surface area contributed by atoms with E-state index in [4.69, 9.17) is 16.3 Å². The van der Waals surface area contributed by atoms with Gasteiger partial charge in [-0.15, -0.1) is 11.3 Å². The Balaban J connectivity index is 2.31. The number of hydrogen-bond acceptors (Lipinski definition) is 4. The minimum atomic E-state index is 0.468.